The normalized spacial score (nSPS) is 11.8. The second kappa shape index (κ2) is 7.75. The molecular formula is C16H19ClN4O. The van der Waals surface area contributed by atoms with Gasteiger partial charge in [-0.25, -0.2) is 9.97 Å². The van der Waals surface area contributed by atoms with Crippen LogP contribution in [-0.2, 0) is 6.54 Å². The molecule has 1 aromatic heterocycles. The predicted octanol–water partition coefficient (Wildman–Crippen LogP) is 3.27. The van der Waals surface area contributed by atoms with E-state index in [4.69, 9.17) is 11.6 Å². The first-order valence-electron chi connectivity index (χ1n) is 7.19. The Kier molecular flexibility index (Phi) is 5.72. The zero-order chi connectivity index (χ0) is 15.9. The number of rotatable bonds is 6. The second-order valence-corrected chi connectivity index (χ2v) is 5.49. The summed E-state index contributed by atoms with van der Waals surface area (Å²) in [6, 6.07) is 9.31. The number of hydrogen-bond donors (Lipinski definition) is 2. The van der Waals surface area contributed by atoms with Crippen molar-refractivity contribution in [3.63, 3.8) is 0 Å². The van der Waals surface area contributed by atoms with E-state index < -0.39 is 0 Å². The summed E-state index contributed by atoms with van der Waals surface area (Å²) in [5.41, 5.74) is 1.43. The molecule has 0 aliphatic heterocycles. The van der Waals surface area contributed by atoms with Crippen molar-refractivity contribution in [2.45, 2.75) is 32.9 Å². The van der Waals surface area contributed by atoms with Gasteiger partial charge in [-0.2, -0.15) is 0 Å². The van der Waals surface area contributed by atoms with Crippen LogP contribution in [0.15, 0.2) is 36.7 Å². The molecule has 1 atom stereocenters. The summed E-state index contributed by atoms with van der Waals surface area (Å²) in [6.07, 6.45) is 2.26. The lowest BCUT2D eigenvalue weighted by Crippen LogP contribution is -2.32. The Morgan fingerprint density at radius 1 is 1.27 bits per heavy atom. The molecule has 22 heavy (non-hydrogen) atoms. The fraction of sp³-hybridized carbons (Fsp3) is 0.312. The molecule has 116 valence electrons. The van der Waals surface area contributed by atoms with Crippen molar-refractivity contribution in [3.8, 4) is 0 Å². The van der Waals surface area contributed by atoms with E-state index in [1.807, 2.05) is 38.1 Å². The number of benzene rings is 1. The van der Waals surface area contributed by atoms with Crippen LogP contribution < -0.4 is 10.6 Å². The van der Waals surface area contributed by atoms with Gasteiger partial charge in [-0.3, -0.25) is 4.79 Å². The first-order chi connectivity index (χ1) is 10.6. The summed E-state index contributed by atoms with van der Waals surface area (Å²) >= 11 is 5.85. The maximum absolute atomic E-state index is 12.0. The van der Waals surface area contributed by atoms with Gasteiger partial charge in [0.2, 0.25) is 0 Å². The van der Waals surface area contributed by atoms with Gasteiger partial charge in [-0.05, 0) is 31.0 Å². The van der Waals surface area contributed by atoms with Gasteiger partial charge in [-0.1, -0.05) is 30.7 Å². The number of carbonyl (C=O) groups excluding carboxylic acids is 1. The summed E-state index contributed by atoms with van der Waals surface area (Å²) in [5, 5.41) is 6.75. The Bertz CT molecular complexity index is 630. The third-order valence-corrected chi connectivity index (χ3v) is 3.53. The molecule has 1 amide bonds. The molecule has 1 unspecified atom stereocenters. The quantitative estimate of drug-likeness (QED) is 0.858. The number of carbonyl (C=O) groups is 1. The van der Waals surface area contributed by atoms with E-state index in [2.05, 4.69) is 20.6 Å². The highest BCUT2D eigenvalue weighted by Crippen LogP contribution is 2.11. The van der Waals surface area contributed by atoms with Crippen molar-refractivity contribution >= 4 is 23.3 Å². The second-order valence-electron chi connectivity index (χ2n) is 5.05. The Hall–Kier alpha value is -2.14. The van der Waals surface area contributed by atoms with Gasteiger partial charge in [0, 0.05) is 23.7 Å². The molecule has 6 heteroatoms. The van der Waals surface area contributed by atoms with E-state index in [1.54, 1.807) is 6.07 Å². The Morgan fingerprint density at radius 2 is 2.00 bits per heavy atom. The molecule has 1 aromatic carbocycles. The van der Waals surface area contributed by atoms with E-state index in [9.17, 15) is 4.79 Å². The van der Waals surface area contributed by atoms with Crippen molar-refractivity contribution < 1.29 is 4.79 Å². The summed E-state index contributed by atoms with van der Waals surface area (Å²) in [4.78, 5) is 20.2. The molecule has 1 heterocycles. The molecule has 2 aromatic rings. The number of anilines is 1. The zero-order valence-corrected chi connectivity index (χ0v) is 13.4. The number of amides is 1. The minimum absolute atomic E-state index is 0.118. The fourth-order valence-electron chi connectivity index (χ4n) is 1.77. The van der Waals surface area contributed by atoms with Crippen LogP contribution in [0.5, 0.6) is 0 Å². The third kappa shape index (κ3) is 4.70. The summed E-state index contributed by atoms with van der Waals surface area (Å²) in [6.45, 7) is 4.57. The molecule has 0 spiro atoms. The zero-order valence-electron chi connectivity index (χ0n) is 12.6. The summed E-state index contributed by atoms with van der Waals surface area (Å²) in [7, 11) is 0. The van der Waals surface area contributed by atoms with E-state index in [0.717, 1.165) is 12.0 Å². The standard InChI is InChI=1S/C16H19ClN4O/c1-3-11(2)21-16(22)14-8-15(20-10-19-14)18-9-12-4-6-13(17)7-5-12/h4-8,10-11H,3,9H2,1-2H3,(H,21,22)(H,18,19,20). The molecule has 2 rings (SSSR count). The Balaban J connectivity index is 1.99. The maximum Gasteiger partial charge on any atom is 0.270 e. The summed E-state index contributed by atoms with van der Waals surface area (Å²) in [5.74, 6) is 0.422. The van der Waals surface area contributed by atoms with Crippen LogP contribution in [0.4, 0.5) is 5.82 Å². The van der Waals surface area contributed by atoms with Crippen LogP contribution in [0.1, 0.15) is 36.3 Å². The van der Waals surface area contributed by atoms with Gasteiger partial charge in [0.25, 0.3) is 5.91 Å². The topological polar surface area (TPSA) is 66.9 Å². The van der Waals surface area contributed by atoms with Gasteiger partial charge in [0.05, 0.1) is 0 Å². The number of nitrogens with one attached hydrogen (secondary N) is 2. The first kappa shape index (κ1) is 16.2. The first-order valence-corrected chi connectivity index (χ1v) is 7.57. The van der Waals surface area contributed by atoms with Crippen molar-refractivity contribution in [1.29, 1.82) is 0 Å². The maximum atomic E-state index is 12.0. The number of halogens is 1. The Labute approximate surface area is 135 Å². The van der Waals surface area contributed by atoms with E-state index >= 15 is 0 Å². The number of nitrogens with zero attached hydrogens (tertiary/aromatic N) is 2. The molecule has 0 aliphatic carbocycles. The molecular weight excluding hydrogens is 300 g/mol. The highest BCUT2D eigenvalue weighted by Gasteiger charge is 2.10. The van der Waals surface area contributed by atoms with Gasteiger partial charge in [-0.15, -0.1) is 0 Å². The monoisotopic (exact) mass is 318 g/mol. The molecule has 0 bridgehead atoms. The minimum atomic E-state index is -0.189. The highest BCUT2D eigenvalue weighted by molar-refractivity contribution is 6.30. The van der Waals surface area contributed by atoms with Crippen LogP contribution in [0.3, 0.4) is 0 Å². The van der Waals surface area contributed by atoms with Crippen molar-refractivity contribution in [3.05, 3.63) is 52.9 Å². The van der Waals surface area contributed by atoms with Crippen LogP contribution in [0.25, 0.3) is 0 Å². The summed E-state index contributed by atoms with van der Waals surface area (Å²) < 4.78 is 0. The largest absolute Gasteiger partial charge is 0.366 e. The lowest BCUT2D eigenvalue weighted by atomic mass is 10.2. The van der Waals surface area contributed by atoms with Crippen molar-refractivity contribution in [2.75, 3.05) is 5.32 Å². The molecule has 0 radical (unpaired) electrons. The van der Waals surface area contributed by atoms with Crippen LogP contribution >= 0.6 is 11.6 Å². The average Bonchev–Trinajstić information content (AvgIpc) is 2.54. The smallest absolute Gasteiger partial charge is 0.270 e. The highest BCUT2D eigenvalue weighted by atomic mass is 35.5. The van der Waals surface area contributed by atoms with E-state index in [1.165, 1.54) is 6.33 Å². The lowest BCUT2D eigenvalue weighted by molar-refractivity contribution is 0.0934. The number of aromatic nitrogens is 2. The SMILES string of the molecule is CCC(C)NC(=O)c1cc(NCc2ccc(Cl)cc2)ncn1. The molecule has 0 fully saturated rings. The van der Waals surface area contributed by atoms with Gasteiger partial charge >= 0.3 is 0 Å². The minimum Gasteiger partial charge on any atom is -0.366 e. The van der Waals surface area contributed by atoms with Crippen molar-refractivity contribution in [1.82, 2.24) is 15.3 Å². The van der Waals surface area contributed by atoms with Gasteiger partial charge in [0.1, 0.15) is 17.8 Å². The van der Waals surface area contributed by atoms with Gasteiger partial charge in [0.15, 0.2) is 0 Å². The van der Waals surface area contributed by atoms with Crippen LogP contribution in [-0.4, -0.2) is 21.9 Å². The van der Waals surface area contributed by atoms with Crippen molar-refractivity contribution in [2.24, 2.45) is 0 Å². The van der Waals surface area contributed by atoms with E-state index in [0.29, 0.717) is 23.1 Å². The predicted molar refractivity (Wildman–Crippen MR) is 88.0 cm³/mol. The van der Waals surface area contributed by atoms with E-state index in [-0.39, 0.29) is 11.9 Å². The lowest BCUT2D eigenvalue weighted by Gasteiger charge is -2.11. The fourth-order valence-corrected chi connectivity index (χ4v) is 1.90. The molecule has 0 aliphatic rings. The Morgan fingerprint density at radius 3 is 2.68 bits per heavy atom. The average molecular weight is 319 g/mol. The van der Waals surface area contributed by atoms with Gasteiger partial charge < -0.3 is 10.6 Å². The van der Waals surface area contributed by atoms with Crippen LogP contribution in [0.2, 0.25) is 5.02 Å². The number of hydrogen-bond acceptors (Lipinski definition) is 4. The van der Waals surface area contributed by atoms with Crippen LogP contribution in [0, 0.1) is 0 Å². The molecule has 0 saturated carbocycles. The molecule has 2 N–H and O–H groups in total. The molecule has 5 nitrogen and oxygen atoms in total. The third-order valence-electron chi connectivity index (χ3n) is 3.28. The molecule has 0 saturated heterocycles.